The number of hydrogen-bond donors (Lipinski definition) is 2. The highest BCUT2D eigenvalue weighted by Gasteiger charge is 2.42. The molecule has 0 spiro atoms. The van der Waals surface area contributed by atoms with Gasteiger partial charge in [0.1, 0.15) is 5.69 Å². The molecular formula is C13H15ClN2O5. The summed E-state index contributed by atoms with van der Waals surface area (Å²) in [5.41, 5.74) is -0.299. The summed E-state index contributed by atoms with van der Waals surface area (Å²) in [6.45, 7) is 0.444. The van der Waals surface area contributed by atoms with E-state index in [0.29, 0.717) is 6.54 Å². The van der Waals surface area contributed by atoms with Crippen molar-refractivity contribution in [2.24, 2.45) is 5.41 Å². The number of aliphatic hydroxyl groups excluding tert-OH is 1. The van der Waals surface area contributed by atoms with Gasteiger partial charge in [-0.05, 0) is 18.9 Å². The molecule has 0 saturated heterocycles. The molecule has 8 heteroatoms. The number of anilines is 1. The molecule has 2 N–H and O–H groups in total. The number of benzene rings is 1. The average Bonchev–Trinajstić information content (AvgIpc) is 3.24. The molecule has 1 aliphatic rings. The van der Waals surface area contributed by atoms with Crippen molar-refractivity contribution in [3.8, 4) is 0 Å². The van der Waals surface area contributed by atoms with Crippen LogP contribution in [0, 0.1) is 15.5 Å². The Morgan fingerprint density at radius 1 is 1.57 bits per heavy atom. The van der Waals surface area contributed by atoms with Gasteiger partial charge in [-0.3, -0.25) is 10.1 Å². The lowest BCUT2D eigenvalue weighted by Gasteiger charge is -2.14. The van der Waals surface area contributed by atoms with E-state index in [1.807, 2.05) is 0 Å². The first kappa shape index (κ1) is 15.5. The number of nitrogens with one attached hydrogen (secondary N) is 1. The van der Waals surface area contributed by atoms with E-state index < -0.39 is 10.9 Å². The zero-order valence-corrected chi connectivity index (χ0v) is 12.1. The van der Waals surface area contributed by atoms with Crippen LogP contribution in [0.15, 0.2) is 12.1 Å². The van der Waals surface area contributed by atoms with Gasteiger partial charge in [0.15, 0.2) is 0 Å². The fourth-order valence-corrected chi connectivity index (χ4v) is 2.21. The monoisotopic (exact) mass is 314 g/mol. The highest BCUT2D eigenvalue weighted by atomic mass is 35.5. The van der Waals surface area contributed by atoms with Gasteiger partial charge in [0.25, 0.3) is 5.69 Å². The maximum atomic E-state index is 11.5. The predicted molar refractivity (Wildman–Crippen MR) is 76.7 cm³/mol. The van der Waals surface area contributed by atoms with E-state index in [0.717, 1.165) is 18.9 Å². The van der Waals surface area contributed by atoms with Crippen LogP contribution in [0.4, 0.5) is 11.4 Å². The summed E-state index contributed by atoms with van der Waals surface area (Å²) in [4.78, 5) is 22.0. The number of rotatable bonds is 6. The lowest BCUT2D eigenvalue weighted by molar-refractivity contribution is -0.384. The highest BCUT2D eigenvalue weighted by molar-refractivity contribution is 6.34. The van der Waals surface area contributed by atoms with E-state index in [1.54, 1.807) is 0 Å². The second-order valence-corrected chi connectivity index (χ2v) is 5.52. The molecule has 1 saturated carbocycles. The van der Waals surface area contributed by atoms with E-state index in [4.69, 9.17) is 11.6 Å². The highest BCUT2D eigenvalue weighted by Crippen LogP contribution is 2.45. The number of hydrogen-bond acceptors (Lipinski definition) is 6. The van der Waals surface area contributed by atoms with Gasteiger partial charge in [-0.15, -0.1) is 0 Å². The Balaban J connectivity index is 2.29. The second-order valence-electron chi connectivity index (χ2n) is 5.11. The number of nitro groups is 1. The molecule has 1 aliphatic carbocycles. The van der Waals surface area contributed by atoms with Crippen molar-refractivity contribution in [3.05, 3.63) is 32.8 Å². The molecular weight excluding hydrogens is 300 g/mol. The van der Waals surface area contributed by atoms with Gasteiger partial charge in [-0.2, -0.15) is 0 Å². The Morgan fingerprint density at radius 2 is 2.24 bits per heavy atom. The minimum atomic E-state index is -0.733. The lowest BCUT2D eigenvalue weighted by Crippen LogP contribution is -2.19. The van der Waals surface area contributed by atoms with Gasteiger partial charge in [-0.25, -0.2) is 4.79 Å². The number of methoxy groups -OCH3 is 1. The number of nitrogens with zero attached hydrogens (tertiary/aromatic N) is 1. The van der Waals surface area contributed by atoms with Crippen LogP contribution in [0.5, 0.6) is 0 Å². The summed E-state index contributed by atoms with van der Waals surface area (Å²) in [6.07, 6.45) is 1.75. The standard InChI is InChI=1S/C13H15ClN2O5/c1-21-12(18)8-4-11(16(19)20)10(5-9(8)14)15-6-13(7-17)2-3-13/h4-5,15,17H,2-3,6-7H2,1H3. The number of carbonyl (C=O) groups excluding carboxylic acids is 1. The Hall–Kier alpha value is -1.86. The smallest absolute Gasteiger partial charge is 0.339 e. The number of carbonyl (C=O) groups is 1. The largest absolute Gasteiger partial charge is 0.465 e. The third-order valence-electron chi connectivity index (χ3n) is 3.63. The van der Waals surface area contributed by atoms with E-state index in [1.165, 1.54) is 13.2 Å². The molecule has 1 aromatic carbocycles. The fourth-order valence-electron chi connectivity index (χ4n) is 1.97. The minimum absolute atomic E-state index is 0.0295. The topological polar surface area (TPSA) is 102 Å². The van der Waals surface area contributed by atoms with Crippen LogP contribution in [0.2, 0.25) is 5.02 Å². The van der Waals surface area contributed by atoms with E-state index in [2.05, 4.69) is 10.1 Å². The van der Waals surface area contributed by atoms with Gasteiger partial charge in [0, 0.05) is 18.0 Å². The lowest BCUT2D eigenvalue weighted by atomic mass is 10.1. The Kier molecular flexibility index (Phi) is 4.34. The molecule has 114 valence electrons. The van der Waals surface area contributed by atoms with Gasteiger partial charge in [0.05, 0.1) is 29.2 Å². The number of aliphatic hydroxyl groups is 1. The first-order valence-corrected chi connectivity index (χ1v) is 6.71. The van der Waals surface area contributed by atoms with Crippen molar-refractivity contribution >= 4 is 28.9 Å². The SMILES string of the molecule is COC(=O)c1cc([N+](=O)[O-])c(NCC2(CO)CC2)cc1Cl. The van der Waals surface area contributed by atoms with Crippen molar-refractivity contribution in [3.63, 3.8) is 0 Å². The molecule has 0 radical (unpaired) electrons. The van der Waals surface area contributed by atoms with Gasteiger partial charge >= 0.3 is 5.97 Å². The zero-order chi connectivity index (χ0) is 15.6. The van der Waals surface area contributed by atoms with E-state index in [9.17, 15) is 20.0 Å². The molecule has 21 heavy (non-hydrogen) atoms. The number of ether oxygens (including phenoxy) is 1. The summed E-state index contributed by atoms with van der Waals surface area (Å²) in [5, 5.41) is 23.4. The molecule has 0 unspecified atom stereocenters. The zero-order valence-electron chi connectivity index (χ0n) is 11.4. The first-order chi connectivity index (χ1) is 9.92. The van der Waals surface area contributed by atoms with Crippen molar-refractivity contribution < 1.29 is 19.6 Å². The summed E-state index contributed by atoms with van der Waals surface area (Å²) in [5.74, 6) is -0.733. The molecule has 0 bridgehead atoms. The second kappa shape index (κ2) is 5.87. The van der Waals surface area contributed by atoms with Crippen molar-refractivity contribution in [2.45, 2.75) is 12.8 Å². The number of nitro benzene ring substituents is 1. The van der Waals surface area contributed by atoms with Gasteiger partial charge < -0.3 is 15.2 Å². The maximum absolute atomic E-state index is 11.5. The van der Waals surface area contributed by atoms with Crippen LogP contribution in [0.1, 0.15) is 23.2 Å². The quantitative estimate of drug-likeness (QED) is 0.474. The molecule has 0 aliphatic heterocycles. The summed E-state index contributed by atoms with van der Waals surface area (Å²) in [6, 6.07) is 2.43. The molecule has 0 aromatic heterocycles. The van der Waals surface area contributed by atoms with Gasteiger partial charge in [-0.1, -0.05) is 11.6 Å². The summed E-state index contributed by atoms with van der Waals surface area (Å²) < 4.78 is 4.53. The molecule has 1 fully saturated rings. The van der Waals surface area contributed by atoms with Crippen molar-refractivity contribution in [1.29, 1.82) is 0 Å². The summed E-state index contributed by atoms with van der Waals surface area (Å²) >= 11 is 5.97. The Morgan fingerprint density at radius 3 is 2.71 bits per heavy atom. The van der Waals surface area contributed by atoms with Crippen LogP contribution in [0.3, 0.4) is 0 Å². The van der Waals surface area contributed by atoms with E-state index in [-0.39, 0.29) is 34.0 Å². The third-order valence-corrected chi connectivity index (χ3v) is 3.95. The average molecular weight is 315 g/mol. The predicted octanol–water partition coefficient (Wildman–Crippen LogP) is 2.22. The molecule has 0 heterocycles. The van der Waals surface area contributed by atoms with Crippen LogP contribution < -0.4 is 5.32 Å². The van der Waals surface area contributed by atoms with Crippen molar-refractivity contribution in [2.75, 3.05) is 25.6 Å². The van der Waals surface area contributed by atoms with Crippen LogP contribution >= 0.6 is 11.6 Å². The number of halogens is 1. The third kappa shape index (κ3) is 3.25. The molecule has 1 aromatic rings. The minimum Gasteiger partial charge on any atom is -0.465 e. The van der Waals surface area contributed by atoms with Gasteiger partial charge in [0.2, 0.25) is 0 Å². The Bertz CT molecular complexity index is 586. The Labute approximate surface area is 126 Å². The van der Waals surface area contributed by atoms with E-state index >= 15 is 0 Å². The molecule has 7 nitrogen and oxygen atoms in total. The van der Waals surface area contributed by atoms with Crippen molar-refractivity contribution in [1.82, 2.24) is 0 Å². The number of esters is 1. The molecule has 2 rings (SSSR count). The van der Waals surface area contributed by atoms with Crippen LogP contribution in [-0.4, -0.2) is 36.3 Å². The summed E-state index contributed by atoms with van der Waals surface area (Å²) in [7, 11) is 1.18. The first-order valence-electron chi connectivity index (χ1n) is 6.33. The maximum Gasteiger partial charge on any atom is 0.339 e. The van der Waals surface area contributed by atoms with Crippen LogP contribution in [0.25, 0.3) is 0 Å². The molecule has 0 amide bonds. The van der Waals surface area contributed by atoms with Crippen LogP contribution in [-0.2, 0) is 4.74 Å². The normalized spacial score (nSPS) is 15.4. The molecule has 0 atom stereocenters. The fraction of sp³-hybridized carbons (Fsp3) is 0.462.